The second-order valence-electron chi connectivity index (χ2n) is 7.41. The van der Waals surface area contributed by atoms with Crippen LogP contribution in [-0.2, 0) is 19.5 Å². The summed E-state index contributed by atoms with van der Waals surface area (Å²) in [7, 11) is 3.35. The molecule has 0 aliphatic carbocycles. The second-order valence-corrected chi connectivity index (χ2v) is 7.41. The third-order valence-corrected chi connectivity index (χ3v) is 5.52. The summed E-state index contributed by atoms with van der Waals surface area (Å²) in [6.07, 6.45) is 1.00. The van der Waals surface area contributed by atoms with Gasteiger partial charge in [-0.1, -0.05) is 30.3 Å². The number of phenolic OH excluding ortho intramolecular Hbond substituents is 1. The maximum atomic E-state index is 9.60. The van der Waals surface area contributed by atoms with E-state index in [0.717, 1.165) is 48.7 Å². The fraction of sp³-hybridized carbons (Fsp3) is 0.250. The zero-order valence-electron chi connectivity index (χ0n) is 16.8. The van der Waals surface area contributed by atoms with Crippen LogP contribution in [0.4, 0.5) is 5.69 Å². The molecule has 5 heteroatoms. The fourth-order valence-corrected chi connectivity index (χ4v) is 3.87. The van der Waals surface area contributed by atoms with Crippen LogP contribution in [0.2, 0.25) is 0 Å². The standard InChI is InChI=1S/C24H26N2O3/c1-28-23-12-19-9-10-26(15-20(19)13-24(23)29-2)14-16-3-5-17(6-4-16)18-7-8-22(27)21(25)11-18/h3-8,11-13,27H,9-10,14-15,25H2,1-2H3. The van der Waals surface area contributed by atoms with Gasteiger partial charge in [0, 0.05) is 19.6 Å². The molecule has 4 rings (SSSR count). The zero-order chi connectivity index (χ0) is 20.4. The van der Waals surface area contributed by atoms with Crippen LogP contribution in [0.25, 0.3) is 11.1 Å². The first-order chi connectivity index (χ1) is 14.1. The summed E-state index contributed by atoms with van der Waals surface area (Å²) in [5.41, 5.74) is 12.2. The maximum Gasteiger partial charge on any atom is 0.161 e. The van der Waals surface area contributed by atoms with E-state index in [0.29, 0.717) is 5.69 Å². The van der Waals surface area contributed by atoms with Gasteiger partial charge in [-0.25, -0.2) is 0 Å². The number of ether oxygens (including phenoxy) is 2. The summed E-state index contributed by atoms with van der Waals surface area (Å²) in [5.74, 6) is 1.70. The molecule has 0 fully saturated rings. The maximum absolute atomic E-state index is 9.60. The molecular weight excluding hydrogens is 364 g/mol. The van der Waals surface area contributed by atoms with Gasteiger partial charge in [-0.05, 0) is 58.5 Å². The van der Waals surface area contributed by atoms with Crippen molar-refractivity contribution in [3.8, 4) is 28.4 Å². The molecule has 0 aromatic heterocycles. The minimum absolute atomic E-state index is 0.116. The van der Waals surface area contributed by atoms with Crippen LogP contribution in [0.5, 0.6) is 17.2 Å². The number of methoxy groups -OCH3 is 2. The van der Waals surface area contributed by atoms with Gasteiger partial charge in [0.15, 0.2) is 11.5 Å². The lowest BCUT2D eigenvalue weighted by Crippen LogP contribution is -2.30. The summed E-state index contributed by atoms with van der Waals surface area (Å²) in [5, 5.41) is 9.60. The van der Waals surface area contributed by atoms with Gasteiger partial charge in [-0.15, -0.1) is 0 Å². The smallest absolute Gasteiger partial charge is 0.161 e. The molecule has 1 aliphatic heterocycles. The molecule has 3 N–H and O–H groups in total. The number of nitrogens with zero attached hydrogens (tertiary/aromatic N) is 1. The number of hydrogen-bond donors (Lipinski definition) is 2. The van der Waals surface area contributed by atoms with Gasteiger partial charge < -0.3 is 20.3 Å². The molecule has 29 heavy (non-hydrogen) atoms. The number of hydrogen-bond acceptors (Lipinski definition) is 5. The van der Waals surface area contributed by atoms with E-state index in [1.165, 1.54) is 16.7 Å². The molecular formula is C24H26N2O3. The van der Waals surface area contributed by atoms with E-state index in [1.807, 2.05) is 6.07 Å². The lowest BCUT2D eigenvalue weighted by molar-refractivity contribution is 0.244. The monoisotopic (exact) mass is 390 g/mol. The Morgan fingerprint density at radius 2 is 1.55 bits per heavy atom. The number of rotatable bonds is 5. The Balaban J connectivity index is 1.47. The number of phenols is 1. The third kappa shape index (κ3) is 4.00. The Hall–Kier alpha value is -3.18. The molecule has 1 aliphatic rings. The van der Waals surface area contributed by atoms with Crippen molar-refractivity contribution < 1.29 is 14.6 Å². The normalized spacial score (nSPS) is 13.7. The Bertz CT molecular complexity index is 1020. The number of aromatic hydroxyl groups is 1. The summed E-state index contributed by atoms with van der Waals surface area (Å²) in [4.78, 5) is 2.45. The van der Waals surface area contributed by atoms with Gasteiger partial charge in [0.25, 0.3) is 0 Å². The van der Waals surface area contributed by atoms with Crippen LogP contribution in [0, 0.1) is 0 Å². The predicted octanol–water partition coefficient (Wildman–Crippen LogP) is 4.22. The van der Waals surface area contributed by atoms with E-state index in [2.05, 4.69) is 41.3 Å². The highest BCUT2D eigenvalue weighted by atomic mass is 16.5. The quantitative estimate of drug-likeness (QED) is 0.504. The zero-order valence-corrected chi connectivity index (χ0v) is 16.8. The molecule has 0 unspecified atom stereocenters. The van der Waals surface area contributed by atoms with Crippen molar-refractivity contribution in [3.05, 3.63) is 71.3 Å². The van der Waals surface area contributed by atoms with Crippen molar-refractivity contribution in [2.45, 2.75) is 19.5 Å². The predicted molar refractivity (Wildman–Crippen MR) is 115 cm³/mol. The van der Waals surface area contributed by atoms with E-state index < -0.39 is 0 Å². The van der Waals surface area contributed by atoms with E-state index >= 15 is 0 Å². The van der Waals surface area contributed by atoms with E-state index in [1.54, 1.807) is 26.4 Å². The molecule has 3 aromatic rings. The van der Waals surface area contributed by atoms with Crippen molar-refractivity contribution in [3.63, 3.8) is 0 Å². The summed E-state index contributed by atoms with van der Waals surface area (Å²) in [6.45, 7) is 2.80. The number of nitrogens with two attached hydrogens (primary N) is 1. The van der Waals surface area contributed by atoms with Crippen LogP contribution < -0.4 is 15.2 Å². The average Bonchev–Trinajstić information content (AvgIpc) is 2.75. The largest absolute Gasteiger partial charge is 0.506 e. The van der Waals surface area contributed by atoms with Crippen molar-refractivity contribution >= 4 is 5.69 Å². The molecule has 150 valence electrons. The van der Waals surface area contributed by atoms with Gasteiger partial charge in [0.1, 0.15) is 5.75 Å². The first-order valence-corrected chi connectivity index (χ1v) is 9.71. The fourth-order valence-electron chi connectivity index (χ4n) is 3.87. The molecule has 5 nitrogen and oxygen atoms in total. The van der Waals surface area contributed by atoms with E-state index in [9.17, 15) is 5.11 Å². The van der Waals surface area contributed by atoms with Gasteiger partial charge in [-0.2, -0.15) is 0 Å². The van der Waals surface area contributed by atoms with Crippen LogP contribution in [0.3, 0.4) is 0 Å². The van der Waals surface area contributed by atoms with Crippen molar-refractivity contribution in [1.82, 2.24) is 4.90 Å². The lowest BCUT2D eigenvalue weighted by Gasteiger charge is -2.29. The van der Waals surface area contributed by atoms with Gasteiger partial charge in [-0.3, -0.25) is 4.90 Å². The Morgan fingerprint density at radius 1 is 0.897 bits per heavy atom. The molecule has 0 atom stereocenters. The van der Waals surface area contributed by atoms with Crippen LogP contribution in [0.1, 0.15) is 16.7 Å². The highest BCUT2D eigenvalue weighted by Gasteiger charge is 2.19. The molecule has 0 spiro atoms. The minimum atomic E-state index is 0.116. The number of nitrogen functional groups attached to an aromatic ring is 1. The molecule has 1 heterocycles. The topological polar surface area (TPSA) is 68.0 Å². The number of benzene rings is 3. The van der Waals surface area contributed by atoms with Gasteiger partial charge >= 0.3 is 0 Å². The first-order valence-electron chi connectivity index (χ1n) is 9.71. The molecule has 3 aromatic carbocycles. The van der Waals surface area contributed by atoms with Crippen LogP contribution >= 0.6 is 0 Å². The third-order valence-electron chi connectivity index (χ3n) is 5.52. The summed E-state index contributed by atoms with van der Waals surface area (Å²) >= 11 is 0. The van der Waals surface area contributed by atoms with Crippen LogP contribution in [0.15, 0.2) is 54.6 Å². The van der Waals surface area contributed by atoms with Crippen LogP contribution in [-0.4, -0.2) is 30.8 Å². The highest BCUT2D eigenvalue weighted by molar-refractivity contribution is 5.70. The molecule has 0 saturated carbocycles. The SMILES string of the molecule is COc1cc2c(cc1OC)CN(Cc1ccc(-c3ccc(O)c(N)c3)cc1)CC2. The molecule has 0 saturated heterocycles. The molecule has 0 bridgehead atoms. The molecule has 0 radical (unpaired) electrons. The van der Waals surface area contributed by atoms with Crippen molar-refractivity contribution in [2.75, 3.05) is 26.5 Å². The Kier molecular flexibility index (Phi) is 5.32. The first kappa shape index (κ1) is 19.2. The number of fused-ring (bicyclic) bond motifs is 1. The Labute approximate surface area is 171 Å². The van der Waals surface area contributed by atoms with Gasteiger partial charge in [0.05, 0.1) is 19.9 Å². The number of anilines is 1. The van der Waals surface area contributed by atoms with Gasteiger partial charge in [0.2, 0.25) is 0 Å². The van der Waals surface area contributed by atoms with Crippen molar-refractivity contribution in [2.24, 2.45) is 0 Å². The Morgan fingerprint density at radius 3 is 2.21 bits per heavy atom. The second kappa shape index (κ2) is 8.05. The molecule has 0 amide bonds. The van der Waals surface area contributed by atoms with E-state index in [4.69, 9.17) is 15.2 Å². The van der Waals surface area contributed by atoms with E-state index in [-0.39, 0.29) is 5.75 Å². The summed E-state index contributed by atoms with van der Waals surface area (Å²) < 4.78 is 10.9. The average molecular weight is 390 g/mol. The van der Waals surface area contributed by atoms with Crippen molar-refractivity contribution in [1.29, 1.82) is 0 Å². The minimum Gasteiger partial charge on any atom is -0.506 e. The summed E-state index contributed by atoms with van der Waals surface area (Å²) in [6, 6.07) is 18.0. The highest BCUT2D eigenvalue weighted by Crippen LogP contribution is 2.34. The lowest BCUT2D eigenvalue weighted by atomic mass is 9.98.